The van der Waals surface area contributed by atoms with Gasteiger partial charge < -0.3 is 5.11 Å². The maximum atomic E-state index is 10.4. The topological polar surface area (TPSA) is 23.5 Å². The highest BCUT2D eigenvalue weighted by Gasteiger charge is 2.22. The highest BCUT2D eigenvalue weighted by atomic mass is 32.2. The van der Waals surface area contributed by atoms with Gasteiger partial charge in [0.15, 0.2) is 0 Å². The summed E-state index contributed by atoms with van der Waals surface area (Å²) in [5.41, 5.74) is 1.31. The van der Waals surface area contributed by atoms with Crippen LogP contribution in [0.3, 0.4) is 0 Å². The van der Waals surface area contributed by atoms with Crippen molar-refractivity contribution in [1.29, 1.82) is 0 Å². The van der Waals surface area contributed by atoms with Crippen molar-refractivity contribution in [2.24, 2.45) is 0 Å². The standard InChI is InChI=1S/C21H27NOS/c23-19(14-13-18-8-3-1-4-9-18)16-22-15-7-12-21(17-22)24-20-10-5-2-6-11-20/h1-6,8-11,19,21,23H,7,12-17H2. The summed E-state index contributed by atoms with van der Waals surface area (Å²) in [7, 11) is 0. The van der Waals surface area contributed by atoms with Crippen molar-refractivity contribution in [3.8, 4) is 0 Å². The molecule has 1 saturated heterocycles. The molecular weight excluding hydrogens is 314 g/mol. The largest absolute Gasteiger partial charge is 0.392 e. The molecule has 0 aliphatic carbocycles. The van der Waals surface area contributed by atoms with Gasteiger partial charge in [-0.3, -0.25) is 4.90 Å². The van der Waals surface area contributed by atoms with Crippen LogP contribution in [-0.2, 0) is 6.42 Å². The van der Waals surface area contributed by atoms with Crippen LogP contribution in [0.5, 0.6) is 0 Å². The minimum absolute atomic E-state index is 0.231. The molecule has 1 N–H and O–H groups in total. The minimum atomic E-state index is -0.231. The fourth-order valence-corrected chi connectivity index (χ4v) is 4.60. The molecule has 2 atom stereocenters. The van der Waals surface area contributed by atoms with E-state index in [2.05, 4.69) is 59.5 Å². The molecule has 0 spiro atoms. The van der Waals surface area contributed by atoms with E-state index in [9.17, 15) is 5.11 Å². The van der Waals surface area contributed by atoms with Gasteiger partial charge in [-0.15, -0.1) is 11.8 Å². The molecule has 1 heterocycles. The molecule has 0 bridgehead atoms. The second-order valence-corrected chi connectivity index (χ2v) is 8.01. The zero-order valence-electron chi connectivity index (χ0n) is 14.2. The number of piperidine rings is 1. The van der Waals surface area contributed by atoms with Crippen LogP contribution in [0, 0.1) is 0 Å². The first kappa shape index (κ1) is 17.5. The molecule has 0 saturated carbocycles. The average molecular weight is 342 g/mol. The molecule has 0 radical (unpaired) electrons. The fourth-order valence-electron chi connectivity index (χ4n) is 3.33. The van der Waals surface area contributed by atoms with E-state index < -0.39 is 0 Å². The number of thioether (sulfide) groups is 1. The van der Waals surface area contributed by atoms with Gasteiger partial charge in [0, 0.05) is 23.2 Å². The van der Waals surface area contributed by atoms with E-state index in [0.717, 1.165) is 32.5 Å². The predicted octanol–water partition coefficient (Wildman–Crippen LogP) is 4.24. The van der Waals surface area contributed by atoms with Crippen molar-refractivity contribution in [3.05, 3.63) is 66.2 Å². The molecule has 2 nitrogen and oxygen atoms in total. The van der Waals surface area contributed by atoms with Gasteiger partial charge >= 0.3 is 0 Å². The number of hydrogen-bond acceptors (Lipinski definition) is 3. The highest BCUT2D eigenvalue weighted by molar-refractivity contribution is 8.00. The maximum Gasteiger partial charge on any atom is 0.0670 e. The first-order valence-electron chi connectivity index (χ1n) is 8.95. The SMILES string of the molecule is OC(CCc1ccccc1)CN1CCCC(Sc2ccccc2)C1. The zero-order chi connectivity index (χ0) is 16.6. The van der Waals surface area contributed by atoms with E-state index in [1.54, 1.807) is 0 Å². The van der Waals surface area contributed by atoms with Crippen LogP contribution in [0.25, 0.3) is 0 Å². The van der Waals surface area contributed by atoms with Gasteiger partial charge in [0.05, 0.1) is 6.10 Å². The third-order valence-electron chi connectivity index (χ3n) is 4.59. The Morgan fingerprint density at radius 2 is 1.75 bits per heavy atom. The summed E-state index contributed by atoms with van der Waals surface area (Å²) in [6.45, 7) is 3.01. The Bertz CT molecular complexity index is 589. The van der Waals surface area contributed by atoms with E-state index in [4.69, 9.17) is 0 Å². The monoisotopic (exact) mass is 341 g/mol. The Morgan fingerprint density at radius 3 is 2.50 bits per heavy atom. The van der Waals surface area contributed by atoms with E-state index in [0.29, 0.717) is 5.25 Å². The Hall–Kier alpha value is -1.29. The van der Waals surface area contributed by atoms with Gasteiger partial charge in [-0.25, -0.2) is 0 Å². The Kier molecular flexibility index (Phi) is 6.76. The Morgan fingerprint density at radius 1 is 1.04 bits per heavy atom. The van der Waals surface area contributed by atoms with Gasteiger partial charge in [-0.1, -0.05) is 48.5 Å². The molecule has 0 amide bonds. The number of hydrogen-bond donors (Lipinski definition) is 1. The van der Waals surface area contributed by atoms with Crippen molar-refractivity contribution in [2.45, 2.75) is 41.9 Å². The summed E-state index contributed by atoms with van der Waals surface area (Å²) in [5, 5.41) is 11.0. The second-order valence-electron chi connectivity index (χ2n) is 6.63. The lowest BCUT2D eigenvalue weighted by Gasteiger charge is -2.33. The van der Waals surface area contributed by atoms with Crippen LogP contribution in [0.2, 0.25) is 0 Å². The molecule has 24 heavy (non-hydrogen) atoms. The smallest absolute Gasteiger partial charge is 0.0670 e. The number of likely N-dealkylation sites (tertiary alicyclic amines) is 1. The number of aliphatic hydroxyl groups is 1. The van der Waals surface area contributed by atoms with Crippen molar-refractivity contribution < 1.29 is 5.11 Å². The van der Waals surface area contributed by atoms with Crippen molar-refractivity contribution in [1.82, 2.24) is 4.90 Å². The van der Waals surface area contributed by atoms with Gasteiger partial charge in [-0.05, 0) is 49.9 Å². The lowest BCUT2D eigenvalue weighted by molar-refractivity contribution is 0.0964. The van der Waals surface area contributed by atoms with E-state index in [1.807, 2.05) is 17.8 Å². The summed E-state index contributed by atoms with van der Waals surface area (Å²) in [4.78, 5) is 3.80. The second kappa shape index (κ2) is 9.26. The van der Waals surface area contributed by atoms with E-state index in [1.165, 1.54) is 23.3 Å². The maximum absolute atomic E-state index is 10.4. The molecule has 2 unspecified atom stereocenters. The molecule has 0 aromatic heterocycles. The lowest BCUT2D eigenvalue weighted by atomic mass is 10.1. The molecule has 3 rings (SSSR count). The molecule has 128 valence electrons. The zero-order valence-corrected chi connectivity index (χ0v) is 15.0. The molecule has 2 aromatic carbocycles. The molecule has 1 fully saturated rings. The normalized spacial score (nSPS) is 20.0. The Labute approximate surface area is 149 Å². The highest BCUT2D eigenvalue weighted by Crippen LogP contribution is 2.29. The molecular formula is C21H27NOS. The lowest BCUT2D eigenvalue weighted by Crippen LogP contribution is -2.41. The third-order valence-corrected chi connectivity index (χ3v) is 5.85. The van der Waals surface area contributed by atoms with Crippen LogP contribution >= 0.6 is 11.8 Å². The molecule has 2 aromatic rings. The summed E-state index contributed by atoms with van der Waals surface area (Å²) < 4.78 is 0. The van der Waals surface area contributed by atoms with Crippen molar-refractivity contribution >= 4 is 11.8 Å². The summed E-state index contributed by atoms with van der Waals surface area (Å²) in [6.07, 6.45) is 4.08. The number of benzene rings is 2. The van der Waals surface area contributed by atoms with Crippen LogP contribution in [-0.4, -0.2) is 41.0 Å². The average Bonchev–Trinajstić information content (AvgIpc) is 2.62. The van der Waals surface area contributed by atoms with Crippen molar-refractivity contribution in [3.63, 3.8) is 0 Å². The molecule has 1 aliphatic rings. The summed E-state index contributed by atoms with van der Waals surface area (Å²) in [6, 6.07) is 21.1. The molecule has 1 aliphatic heterocycles. The Balaban J connectivity index is 1.43. The van der Waals surface area contributed by atoms with Gasteiger partial charge in [0.1, 0.15) is 0 Å². The summed E-state index contributed by atoms with van der Waals surface area (Å²) in [5.74, 6) is 0. The third kappa shape index (κ3) is 5.66. The van der Waals surface area contributed by atoms with Gasteiger partial charge in [0.2, 0.25) is 0 Å². The first-order valence-corrected chi connectivity index (χ1v) is 9.83. The van der Waals surface area contributed by atoms with Crippen LogP contribution < -0.4 is 0 Å². The predicted molar refractivity (Wildman–Crippen MR) is 103 cm³/mol. The van der Waals surface area contributed by atoms with Gasteiger partial charge in [-0.2, -0.15) is 0 Å². The van der Waals surface area contributed by atoms with Gasteiger partial charge in [0.25, 0.3) is 0 Å². The first-order chi connectivity index (χ1) is 11.8. The van der Waals surface area contributed by atoms with Crippen molar-refractivity contribution in [2.75, 3.05) is 19.6 Å². The van der Waals surface area contributed by atoms with E-state index in [-0.39, 0.29) is 6.10 Å². The number of β-amino-alcohol motifs (C(OH)–C–C–N with tert-alkyl or cyclic N) is 1. The summed E-state index contributed by atoms with van der Waals surface area (Å²) >= 11 is 1.98. The number of nitrogens with zero attached hydrogens (tertiary/aromatic N) is 1. The molecule has 3 heteroatoms. The fraction of sp³-hybridized carbons (Fsp3) is 0.429. The van der Waals surface area contributed by atoms with Crippen LogP contribution in [0.1, 0.15) is 24.8 Å². The van der Waals surface area contributed by atoms with Crippen LogP contribution in [0.15, 0.2) is 65.6 Å². The minimum Gasteiger partial charge on any atom is -0.392 e. The van der Waals surface area contributed by atoms with Crippen LogP contribution in [0.4, 0.5) is 0 Å². The number of aliphatic hydroxyl groups excluding tert-OH is 1. The quantitative estimate of drug-likeness (QED) is 0.815. The number of rotatable bonds is 7. The number of aryl methyl sites for hydroxylation is 1. The van der Waals surface area contributed by atoms with E-state index >= 15 is 0 Å².